The van der Waals surface area contributed by atoms with Gasteiger partial charge in [-0.25, -0.2) is 9.97 Å². The van der Waals surface area contributed by atoms with E-state index in [4.69, 9.17) is 15.6 Å². The minimum absolute atomic E-state index is 0.318. The summed E-state index contributed by atoms with van der Waals surface area (Å²) < 4.78 is 7.52. The van der Waals surface area contributed by atoms with Crippen LogP contribution in [-0.4, -0.2) is 85.8 Å². The number of carbonyl (C=O) groups is 1. The fourth-order valence-electron chi connectivity index (χ4n) is 3.10. The predicted molar refractivity (Wildman–Crippen MR) is 105 cm³/mol. The van der Waals surface area contributed by atoms with Crippen molar-refractivity contribution >= 4 is 34.6 Å². The quantitative estimate of drug-likeness (QED) is 0.425. The Morgan fingerprint density at radius 1 is 1.39 bits per heavy atom. The second-order valence-corrected chi connectivity index (χ2v) is 8.05. The first-order valence-electron chi connectivity index (χ1n) is 8.88. The lowest BCUT2D eigenvalue weighted by Crippen LogP contribution is -2.33. The Labute approximate surface area is 166 Å². The van der Waals surface area contributed by atoms with Crippen molar-refractivity contribution in [2.75, 3.05) is 30.5 Å². The summed E-state index contributed by atoms with van der Waals surface area (Å²) in [6.07, 6.45) is -0.0798. The number of fused-ring (bicyclic) bond motifs is 1. The van der Waals surface area contributed by atoms with Crippen LogP contribution in [0.15, 0.2) is 18.6 Å². The smallest absolute Gasteiger partial charge is 0.320 e. The van der Waals surface area contributed by atoms with E-state index in [2.05, 4.69) is 9.97 Å². The molecule has 0 saturated carbocycles. The van der Waals surface area contributed by atoms with Crippen LogP contribution < -0.4 is 10.6 Å². The Balaban J connectivity index is 1.68. The number of pyridine rings is 1. The van der Waals surface area contributed by atoms with Crippen molar-refractivity contribution < 1.29 is 24.9 Å². The summed E-state index contributed by atoms with van der Waals surface area (Å²) in [7, 11) is 3.81. The van der Waals surface area contributed by atoms with Crippen LogP contribution in [0.3, 0.4) is 0 Å². The number of carboxylic acid groups (broad SMARTS) is 1. The van der Waals surface area contributed by atoms with Gasteiger partial charge in [0.1, 0.15) is 23.8 Å². The molecule has 1 fully saturated rings. The number of imidazole rings is 1. The van der Waals surface area contributed by atoms with Gasteiger partial charge in [0.05, 0.1) is 18.1 Å². The third-order valence-corrected chi connectivity index (χ3v) is 5.79. The Kier molecular flexibility index (Phi) is 6.40. The van der Waals surface area contributed by atoms with Gasteiger partial charge in [-0.2, -0.15) is 11.8 Å². The van der Waals surface area contributed by atoms with Crippen LogP contribution in [0.2, 0.25) is 0 Å². The van der Waals surface area contributed by atoms with Crippen molar-refractivity contribution in [1.29, 1.82) is 0 Å². The predicted octanol–water partition coefficient (Wildman–Crippen LogP) is -0.348. The summed E-state index contributed by atoms with van der Waals surface area (Å²) in [5, 5.41) is 29.7. The number of aliphatic carboxylic acids is 1. The number of aromatic nitrogens is 3. The standard InChI is InChI=1S/C17H25N5O5S/c1-21(2)10-3-5-19-15-12(10)20-8-22(15)16-14(24)13(23)11(27-16)7-28-6-4-9(18)17(25)26/h3,5,8-9,11,13-14,16,23-24H,4,6-7,18H2,1-2H3,(H,25,26). The average Bonchev–Trinajstić information content (AvgIpc) is 3.20. The molecule has 0 radical (unpaired) electrons. The minimum Gasteiger partial charge on any atom is -0.480 e. The molecule has 3 heterocycles. The fourth-order valence-corrected chi connectivity index (χ4v) is 4.19. The summed E-state index contributed by atoms with van der Waals surface area (Å²) in [5.74, 6) is -0.114. The zero-order chi connectivity index (χ0) is 20.4. The molecule has 1 aliphatic rings. The van der Waals surface area contributed by atoms with Crippen LogP contribution in [0, 0.1) is 0 Å². The first-order valence-corrected chi connectivity index (χ1v) is 10.0. The molecule has 0 spiro atoms. The number of aliphatic hydroxyl groups is 2. The molecule has 3 rings (SSSR count). The molecule has 0 bridgehead atoms. The van der Waals surface area contributed by atoms with Gasteiger partial charge in [0.25, 0.3) is 0 Å². The molecule has 5 N–H and O–H groups in total. The van der Waals surface area contributed by atoms with Crippen LogP contribution in [-0.2, 0) is 9.53 Å². The van der Waals surface area contributed by atoms with Crippen molar-refractivity contribution in [3.63, 3.8) is 0 Å². The maximum Gasteiger partial charge on any atom is 0.320 e. The summed E-state index contributed by atoms with van der Waals surface area (Å²) in [5.41, 5.74) is 7.60. The zero-order valence-electron chi connectivity index (χ0n) is 15.7. The van der Waals surface area contributed by atoms with Gasteiger partial charge in [0.2, 0.25) is 0 Å². The lowest BCUT2D eigenvalue weighted by molar-refractivity contribution is -0.138. The maximum absolute atomic E-state index is 10.7. The molecule has 2 aromatic heterocycles. The normalized spacial score (nSPS) is 25.9. The monoisotopic (exact) mass is 411 g/mol. The van der Waals surface area contributed by atoms with E-state index in [1.54, 1.807) is 17.1 Å². The van der Waals surface area contributed by atoms with Gasteiger partial charge in [0.15, 0.2) is 11.9 Å². The molecule has 0 aliphatic carbocycles. The number of ether oxygens (including phenoxy) is 1. The maximum atomic E-state index is 10.7. The van der Waals surface area contributed by atoms with E-state index in [0.29, 0.717) is 29.1 Å². The molecule has 0 amide bonds. The molecule has 5 unspecified atom stereocenters. The third-order valence-electron chi connectivity index (χ3n) is 4.71. The van der Waals surface area contributed by atoms with E-state index in [1.165, 1.54) is 11.8 Å². The molecule has 11 heteroatoms. The van der Waals surface area contributed by atoms with E-state index in [-0.39, 0.29) is 0 Å². The van der Waals surface area contributed by atoms with E-state index in [1.807, 2.05) is 25.1 Å². The van der Waals surface area contributed by atoms with Crippen molar-refractivity contribution in [3.05, 3.63) is 18.6 Å². The first kappa shape index (κ1) is 20.8. The molecule has 10 nitrogen and oxygen atoms in total. The largest absolute Gasteiger partial charge is 0.480 e. The van der Waals surface area contributed by atoms with Crippen LogP contribution in [0.1, 0.15) is 12.6 Å². The van der Waals surface area contributed by atoms with Gasteiger partial charge in [-0.05, 0) is 18.2 Å². The molecule has 2 aromatic rings. The Morgan fingerprint density at radius 3 is 2.82 bits per heavy atom. The second kappa shape index (κ2) is 8.62. The van der Waals surface area contributed by atoms with E-state index < -0.39 is 36.6 Å². The highest BCUT2D eigenvalue weighted by Gasteiger charge is 2.44. The van der Waals surface area contributed by atoms with E-state index >= 15 is 0 Å². The highest BCUT2D eigenvalue weighted by Crippen LogP contribution is 2.34. The van der Waals surface area contributed by atoms with Crippen molar-refractivity contribution in [2.45, 2.75) is 37.0 Å². The number of hydrogen-bond donors (Lipinski definition) is 4. The number of carboxylic acids is 1. The van der Waals surface area contributed by atoms with Gasteiger partial charge >= 0.3 is 5.97 Å². The average molecular weight is 411 g/mol. The van der Waals surface area contributed by atoms with Crippen LogP contribution in [0.25, 0.3) is 11.2 Å². The molecular weight excluding hydrogens is 386 g/mol. The molecule has 0 aromatic carbocycles. The number of anilines is 1. The minimum atomic E-state index is -1.13. The van der Waals surface area contributed by atoms with E-state index in [9.17, 15) is 15.0 Å². The summed E-state index contributed by atoms with van der Waals surface area (Å²) in [4.78, 5) is 21.4. The highest BCUT2D eigenvalue weighted by molar-refractivity contribution is 7.99. The van der Waals surface area contributed by atoms with Gasteiger partial charge < -0.3 is 30.7 Å². The van der Waals surface area contributed by atoms with Gasteiger partial charge in [-0.15, -0.1) is 0 Å². The number of thioether (sulfide) groups is 1. The van der Waals surface area contributed by atoms with Crippen molar-refractivity contribution in [2.24, 2.45) is 5.73 Å². The van der Waals surface area contributed by atoms with E-state index in [0.717, 1.165) is 5.69 Å². The van der Waals surface area contributed by atoms with Crippen LogP contribution >= 0.6 is 11.8 Å². The molecule has 1 saturated heterocycles. The Bertz CT molecular complexity index is 831. The molecule has 154 valence electrons. The molecule has 5 atom stereocenters. The topological polar surface area (TPSA) is 147 Å². The summed E-state index contributed by atoms with van der Waals surface area (Å²) in [6, 6.07) is 0.941. The number of nitrogens with zero attached hydrogens (tertiary/aromatic N) is 4. The number of nitrogens with two attached hydrogens (primary N) is 1. The van der Waals surface area contributed by atoms with Gasteiger partial charge in [0, 0.05) is 26.0 Å². The summed E-state index contributed by atoms with van der Waals surface area (Å²) >= 11 is 1.42. The fraction of sp³-hybridized carbons (Fsp3) is 0.588. The van der Waals surface area contributed by atoms with Crippen LogP contribution in [0.5, 0.6) is 0 Å². The Morgan fingerprint density at radius 2 is 2.14 bits per heavy atom. The van der Waals surface area contributed by atoms with Crippen LogP contribution in [0.4, 0.5) is 5.69 Å². The lowest BCUT2D eigenvalue weighted by atomic mass is 10.1. The second-order valence-electron chi connectivity index (χ2n) is 6.90. The van der Waals surface area contributed by atoms with Crippen molar-refractivity contribution in [1.82, 2.24) is 14.5 Å². The van der Waals surface area contributed by atoms with Gasteiger partial charge in [-0.1, -0.05) is 0 Å². The molecule has 1 aliphatic heterocycles. The van der Waals surface area contributed by atoms with Gasteiger partial charge in [-0.3, -0.25) is 9.36 Å². The third kappa shape index (κ3) is 4.08. The first-order chi connectivity index (χ1) is 13.3. The Hall–Kier alpha value is -1.92. The molecular formula is C17H25N5O5S. The highest BCUT2D eigenvalue weighted by atomic mass is 32.2. The lowest BCUT2D eigenvalue weighted by Gasteiger charge is -2.17. The number of rotatable bonds is 8. The number of aliphatic hydroxyl groups excluding tert-OH is 2. The molecule has 28 heavy (non-hydrogen) atoms. The summed E-state index contributed by atoms with van der Waals surface area (Å²) in [6.45, 7) is 0. The SMILES string of the molecule is CN(C)c1ccnc2c1ncn2C1OC(CSCCC(N)C(=O)O)C(O)C1O. The van der Waals surface area contributed by atoms with Crippen molar-refractivity contribution in [3.8, 4) is 0 Å². The number of hydrogen-bond acceptors (Lipinski definition) is 9. The zero-order valence-corrected chi connectivity index (χ0v) is 16.5.